The third-order valence-corrected chi connectivity index (χ3v) is 4.16. The third kappa shape index (κ3) is 3.45. The molecule has 0 aromatic heterocycles. The number of anilines is 1. The lowest BCUT2D eigenvalue weighted by molar-refractivity contribution is -0.123. The quantitative estimate of drug-likeness (QED) is 0.798. The second-order valence-electron chi connectivity index (χ2n) is 5.22. The molecule has 0 unspecified atom stereocenters. The van der Waals surface area contributed by atoms with Gasteiger partial charge in [-0.15, -0.1) is 0 Å². The lowest BCUT2D eigenvalue weighted by Gasteiger charge is -2.23. The standard InChI is InChI=1S/C15H16Cl2N2O/c16-11-7-12(17)9-13(8-11)19-14(20)15(10-18)5-3-1-2-4-6-15/h7-9H,1-6H2,(H,19,20). The number of carbonyl (C=O) groups is 1. The highest BCUT2D eigenvalue weighted by Crippen LogP contribution is 2.36. The van der Waals surface area contributed by atoms with E-state index in [2.05, 4.69) is 11.4 Å². The van der Waals surface area contributed by atoms with Crippen LogP contribution in [0.1, 0.15) is 38.5 Å². The molecule has 3 nitrogen and oxygen atoms in total. The monoisotopic (exact) mass is 310 g/mol. The maximum absolute atomic E-state index is 12.5. The summed E-state index contributed by atoms with van der Waals surface area (Å²) < 4.78 is 0. The van der Waals surface area contributed by atoms with Gasteiger partial charge in [0, 0.05) is 15.7 Å². The van der Waals surface area contributed by atoms with Gasteiger partial charge in [0.15, 0.2) is 0 Å². The predicted molar refractivity (Wildman–Crippen MR) is 80.8 cm³/mol. The van der Waals surface area contributed by atoms with Crippen molar-refractivity contribution in [3.63, 3.8) is 0 Å². The first-order chi connectivity index (χ1) is 9.55. The second-order valence-corrected chi connectivity index (χ2v) is 6.09. The molecule has 1 saturated carbocycles. The van der Waals surface area contributed by atoms with E-state index in [9.17, 15) is 10.1 Å². The highest BCUT2D eigenvalue weighted by atomic mass is 35.5. The van der Waals surface area contributed by atoms with E-state index in [-0.39, 0.29) is 5.91 Å². The molecule has 1 aliphatic carbocycles. The molecule has 1 amide bonds. The molecule has 1 aromatic rings. The molecule has 0 heterocycles. The Morgan fingerprint density at radius 3 is 2.15 bits per heavy atom. The molecule has 0 spiro atoms. The zero-order valence-corrected chi connectivity index (χ0v) is 12.6. The van der Waals surface area contributed by atoms with E-state index >= 15 is 0 Å². The minimum Gasteiger partial charge on any atom is -0.325 e. The van der Waals surface area contributed by atoms with Gasteiger partial charge in [0.2, 0.25) is 5.91 Å². The molecule has 0 bridgehead atoms. The lowest BCUT2D eigenvalue weighted by Crippen LogP contribution is -2.34. The Bertz CT molecular complexity index is 523. The van der Waals surface area contributed by atoms with Gasteiger partial charge in [-0.3, -0.25) is 4.79 Å². The number of halogens is 2. The van der Waals surface area contributed by atoms with Crippen molar-refractivity contribution in [2.45, 2.75) is 38.5 Å². The minimum atomic E-state index is -0.925. The summed E-state index contributed by atoms with van der Waals surface area (Å²) >= 11 is 11.8. The number of hydrogen-bond donors (Lipinski definition) is 1. The fourth-order valence-corrected chi connectivity index (χ4v) is 3.12. The van der Waals surface area contributed by atoms with Crippen LogP contribution in [0.3, 0.4) is 0 Å². The van der Waals surface area contributed by atoms with Gasteiger partial charge in [0.25, 0.3) is 0 Å². The third-order valence-electron chi connectivity index (χ3n) is 3.73. The Kier molecular flexibility index (Phi) is 4.91. The fraction of sp³-hybridized carbons (Fsp3) is 0.467. The van der Waals surface area contributed by atoms with E-state index in [1.54, 1.807) is 18.2 Å². The maximum atomic E-state index is 12.5. The summed E-state index contributed by atoms with van der Waals surface area (Å²) in [5, 5.41) is 13.2. The predicted octanol–water partition coefficient (Wildman–Crippen LogP) is 4.80. The van der Waals surface area contributed by atoms with Crippen LogP contribution in [0, 0.1) is 16.7 Å². The van der Waals surface area contributed by atoms with E-state index in [0.29, 0.717) is 28.6 Å². The van der Waals surface area contributed by atoms with Crippen molar-refractivity contribution in [1.29, 1.82) is 5.26 Å². The lowest BCUT2D eigenvalue weighted by atomic mass is 9.81. The molecule has 0 aliphatic heterocycles. The van der Waals surface area contributed by atoms with Crippen LogP contribution < -0.4 is 5.32 Å². The van der Waals surface area contributed by atoms with Crippen LogP contribution in [-0.2, 0) is 4.79 Å². The first-order valence-electron chi connectivity index (χ1n) is 6.74. The van der Waals surface area contributed by atoms with Crippen molar-refractivity contribution in [3.8, 4) is 6.07 Å². The number of rotatable bonds is 2. The molecular weight excluding hydrogens is 295 g/mol. The molecule has 0 radical (unpaired) electrons. The molecule has 106 valence electrons. The Labute approximate surface area is 128 Å². The number of hydrogen-bond acceptors (Lipinski definition) is 2. The second kappa shape index (κ2) is 6.47. The zero-order valence-electron chi connectivity index (χ0n) is 11.1. The van der Waals surface area contributed by atoms with Crippen LogP contribution >= 0.6 is 23.2 Å². The number of benzene rings is 1. The topological polar surface area (TPSA) is 52.9 Å². The van der Waals surface area contributed by atoms with Gasteiger partial charge >= 0.3 is 0 Å². The first-order valence-corrected chi connectivity index (χ1v) is 7.50. The number of nitrogens with one attached hydrogen (secondary N) is 1. The number of carbonyl (C=O) groups excluding carboxylic acids is 1. The van der Waals surface area contributed by atoms with Gasteiger partial charge < -0.3 is 5.32 Å². The van der Waals surface area contributed by atoms with E-state index in [1.807, 2.05) is 0 Å². The van der Waals surface area contributed by atoms with Crippen molar-refractivity contribution < 1.29 is 4.79 Å². The summed E-state index contributed by atoms with van der Waals surface area (Å²) in [4.78, 5) is 12.5. The van der Waals surface area contributed by atoms with Crippen LogP contribution in [0.4, 0.5) is 5.69 Å². The minimum absolute atomic E-state index is 0.250. The molecule has 1 N–H and O–H groups in total. The molecule has 1 aromatic carbocycles. The molecule has 0 atom stereocenters. The van der Waals surface area contributed by atoms with Crippen molar-refractivity contribution >= 4 is 34.8 Å². The summed E-state index contributed by atoms with van der Waals surface area (Å²) in [6.45, 7) is 0. The van der Waals surface area contributed by atoms with Crippen LogP contribution in [-0.4, -0.2) is 5.91 Å². The number of amides is 1. The van der Waals surface area contributed by atoms with Gasteiger partial charge in [0.1, 0.15) is 5.41 Å². The summed E-state index contributed by atoms with van der Waals surface area (Å²) in [5.41, 5.74) is -0.392. The van der Waals surface area contributed by atoms with Crippen molar-refractivity contribution in [1.82, 2.24) is 0 Å². The van der Waals surface area contributed by atoms with E-state index in [1.165, 1.54) is 0 Å². The molecule has 1 aliphatic rings. The van der Waals surface area contributed by atoms with E-state index in [4.69, 9.17) is 23.2 Å². The van der Waals surface area contributed by atoms with Crippen molar-refractivity contribution in [2.24, 2.45) is 5.41 Å². The van der Waals surface area contributed by atoms with Gasteiger partial charge in [0.05, 0.1) is 6.07 Å². The van der Waals surface area contributed by atoms with Crippen molar-refractivity contribution in [2.75, 3.05) is 5.32 Å². The van der Waals surface area contributed by atoms with Gasteiger partial charge in [-0.25, -0.2) is 0 Å². The van der Waals surface area contributed by atoms with Crippen LogP contribution in [0.25, 0.3) is 0 Å². The van der Waals surface area contributed by atoms with Crippen LogP contribution in [0.5, 0.6) is 0 Å². The molecule has 0 saturated heterocycles. The first kappa shape index (κ1) is 15.2. The number of nitrogens with zero attached hydrogens (tertiary/aromatic N) is 1. The molecule has 5 heteroatoms. The average Bonchev–Trinajstić information content (AvgIpc) is 2.63. The van der Waals surface area contributed by atoms with Gasteiger partial charge in [-0.05, 0) is 31.0 Å². The fourth-order valence-electron chi connectivity index (χ4n) is 2.60. The molecule has 20 heavy (non-hydrogen) atoms. The van der Waals surface area contributed by atoms with E-state index in [0.717, 1.165) is 25.7 Å². The average molecular weight is 311 g/mol. The number of nitriles is 1. The molecular formula is C15H16Cl2N2O. The smallest absolute Gasteiger partial charge is 0.244 e. The van der Waals surface area contributed by atoms with Crippen LogP contribution in [0.15, 0.2) is 18.2 Å². The molecule has 2 rings (SSSR count). The SMILES string of the molecule is N#CC1(C(=O)Nc2cc(Cl)cc(Cl)c2)CCCCCC1. The largest absolute Gasteiger partial charge is 0.325 e. The Morgan fingerprint density at radius 1 is 1.10 bits per heavy atom. The van der Waals surface area contributed by atoms with Crippen molar-refractivity contribution in [3.05, 3.63) is 28.2 Å². The maximum Gasteiger partial charge on any atom is 0.244 e. The van der Waals surface area contributed by atoms with Gasteiger partial charge in [-0.1, -0.05) is 48.9 Å². The zero-order chi connectivity index (χ0) is 14.6. The summed E-state index contributed by atoms with van der Waals surface area (Å²) in [7, 11) is 0. The Balaban J connectivity index is 2.19. The van der Waals surface area contributed by atoms with Gasteiger partial charge in [-0.2, -0.15) is 5.26 Å². The highest BCUT2D eigenvalue weighted by Gasteiger charge is 2.38. The Hall–Kier alpha value is -1.24. The normalized spacial score (nSPS) is 17.9. The highest BCUT2D eigenvalue weighted by molar-refractivity contribution is 6.35. The molecule has 1 fully saturated rings. The summed E-state index contributed by atoms with van der Waals surface area (Å²) in [6.07, 6.45) is 5.22. The van der Waals surface area contributed by atoms with Crippen LogP contribution in [0.2, 0.25) is 10.0 Å². The Morgan fingerprint density at radius 2 is 1.65 bits per heavy atom. The summed E-state index contributed by atoms with van der Waals surface area (Å²) in [6, 6.07) is 7.09. The van der Waals surface area contributed by atoms with E-state index < -0.39 is 5.41 Å². The summed E-state index contributed by atoms with van der Waals surface area (Å²) in [5.74, 6) is -0.250.